The van der Waals surface area contributed by atoms with E-state index in [0.717, 1.165) is 35.5 Å². The van der Waals surface area contributed by atoms with Crippen molar-refractivity contribution in [2.75, 3.05) is 35.5 Å². The molecule has 0 aliphatic rings. The maximum Gasteiger partial charge on any atom is 0.0319 e. The Morgan fingerprint density at radius 2 is 0.364 bits per heavy atom. The fourth-order valence-corrected chi connectivity index (χ4v) is 0. The van der Waals surface area contributed by atoms with E-state index in [1.165, 1.54) is 0 Å². The second kappa shape index (κ2) is 650. The van der Waals surface area contributed by atoms with Crippen molar-refractivity contribution >= 4 is 48.9 Å². The zero-order chi connectivity index (χ0) is 10.0. The van der Waals surface area contributed by atoms with Gasteiger partial charge in [-0.1, -0.05) is 0 Å². The monoisotopic (exact) mass is 298 g/mol. The van der Waals surface area contributed by atoms with Crippen LogP contribution in [0.5, 0.6) is 0 Å². The van der Waals surface area contributed by atoms with Gasteiger partial charge in [-0.15, -0.1) is 0 Å². The van der Waals surface area contributed by atoms with Crippen LogP contribution in [0.4, 0.5) is 0 Å². The molecule has 0 atom stereocenters. The third-order valence-electron chi connectivity index (χ3n) is 0. The van der Waals surface area contributed by atoms with E-state index in [0.29, 0.717) is 0 Å². The van der Waals surface area contributed by atoms with Crippen molar-refractivity contribution in [3.8, 4) is 0 Å². The van der Waals surface area contributed by atoms with Crippen LogP contribution < -0.4 is 0 Å². The molecule has 0 saturated heterocycles. The summed E-state index contributed by atoms with van der Waals surface area (Å²) < 4.78 is 0. The molecule has 0 aromatic heterocycles. The molecule has 11 heavy (non-hydrogen) atoms. The van der Waals surface area contributed by atoms with Crippen LogP contribution in [0.3, 0.4) is 0 Å². The molecule has 0 fully saturated rings. The molecular weight excluding hydrogens is 277 g/mol. The van der Waals surface area contributed by atoms with Gasteiger partial charge >= 0.3 is 0 Å². The van der Waals surface area contributed by atoms with Crippen molar-refractivity contribution in [2.45, 2.75) is 0 Å². The molecule has 72 valence electrons. The van der Waals surface area contributed by atoms with Crippen LogP contribution in [0.25, 0.3) is 0 Å². The van der Waals surface area contributed by atoms with E-state index < -0.39 is 0 Å². The molecule has 5 nitrogen and oxygen atoms in total. The van der Waals surface area contributed by atoms with Gasteiger partial charge in [0.2, 0.25) is 0 Å². The topological polar surface area (TPSA) is 101 Å². The Bertz CT molecular complexity index is 14.8. The van der Waals surface area contributed by atoms with E-state index >= 15 is 0 Å². The minimum atomic E-state index is 0. The van der Waals surface area contributed by atoms with Crippen LogP contribution in [0, 0.1) is 0 Å². The minimum Gasteiger partial charge on any atom is -0.400 e. The summed E-state index contributed by atoms with van der Waals surface area (Å²) in [6.45, 7) is 0. The van der Waals surface area contributed by atoms with Gasteiger partial charge in [-0.25, -0.2) is 0 Å². The largest absolute Gasteiger partial charge is 0.400 e. The molecule has 0 rings (SSSR count). The summed E-state index contributed by atoms with van der Waals surface area (Å²) in [5.41, 5.74) is 0. The van der Waals surface area contributed by atoms with E-state index in [9.17, 15) is 0 Å². The molecule has 0 aromatic rings. The van der Waals surface area contributed by atoms with Crippen molar-refractivity contribution in [3.05, 3.63) is 0 Å². The van der Waals surface area contributed by atoms with Crippen LogP contribution in [-0.2, 0) is 0 Å². The fraction of sp³-hybridized carbons (Fsp3) is 1.00. The van der Waals surface area contributed by atoms with Gasteiger partial charge in [-0.05, 0) is 0 Å². The van der Waals surface area contributed by atoms with Crippen molar-refractivity contribution in [2.24, 2.45) is 0 Å². The summed E-state index contributed by atoms with van der Waals surface area (Å²) in [5.74, 6) is 0. The number of aliphatic hydroxyl groups excluding tert-OH is 5. The van der Waals surface area contributed by atoms with Gasteiger partial charge in [0.25, 0.3) is 0 Å². The van der Waals surface area contributed by atoms with Crippen molar-refractivity contribution in [1.29, 1.82) is 0 Å². The average molecular weight is 298 g/mol. The van der Waals surface area contributed by atoms with E-state index in [-0.39, 0.29) is 48.9 Å². The molecule has 0 bridgehead atoms. The molecule has 0 aliphatic carbocycles. The Labute approximate surface area is 109 Å². The second-order valence-electron chi connectivity index (χ2n) is 0. The van der Waals surface area contributed by atoms with Crippen molar-refractivity contribution in [1.82, 2.24) is 0 Å². The van der Waals surface area contributed by atoms with Crippen LogP contribution in [0.2, 0.25) is 0 Å². The molecular formula is C5H20BaO5. The molecule has 6 heteroatoms. The van der Waals surface area contributed by atoms with Gasteiger partial charge in [0, 0.05) is 84.4 Å². The molecule has 0 heterocycles. The summed E-state index contributed by atoms with van der Waals surface area (Å²) >= 11 is 0. The molecule has 0 amide bonds. The molecule has 0 unspecified atom stereocenters. The van der Waals surface area contributed by atoms with Gasteiger partial charge in [0.15, 0.2) is 0 Å². The van der Waals surface area contributed by atoms with E-state index in [1.54, 1.807) is 0 Å². The third kappa shape index (κ3) is 531. The Morgan fingerprint density at radius 3 is 0.364 bits per heavy atom. The van der Waals surface area contributed by atoms with Gasteiger partial charge in [-0.2, -0.15) is 0 Å². The number of rotatable bonds is 0. The zero-order valence-corrected chi connectivity index (χ0v) is 12.4. The minimum absolute atomic E-state index is 0. The number of hydrogen-bond donors (Lipinski definition) is 5. The Kier molecular flexibility index (Phi) is 2330. The number of hydrogen-bond acceptors (Lipinski definition) is 5. The van der Waals surface area contributed by atoms with Gasteiger partial charge in [0.1, 0.15) is 0 Å². The van der Waals surface area contributed by atoms with Crippen molar-refractivity contribution < 1.29 is 25.5 Å². The van der Waals surface area contributed by atoms with Gasteiger partial charge in [-0.3, -0.25) is 0 Å². The SMILES string of the molecule is CO.CO.CO.CO.CO.[Ba]. The summed E-state index contributed by atoms with van der Waals surface area (Å²) in [4.78, 5) is 0. The Morgan fingerprint density at radius 1 is 0.364 bits per heavy atom. The molecule has 0 saturated carbocycles. The summed E-state index contributed by atoms with van der Waals surface area (Å²) in [7, 11) is 5.00. The first-order valence-corrected chi connectivity index (χ1v) is 2.24. The predicted molar refractivity (Wildman–Crippen MR) is 46.5 cm³/mol. The zero-order valence-electron chi connectivity index (χ0n) is 7.94. The van der Waals surface area contributed by atoms with E-state index in [1.807, 2.05) is 0 Å². The molecule has 0 aromatic carbocycles. The van der Waals surface area contributed by atoms with E-state index in [4.69, 9.17) is 25.5 Å². The fourth-order valence-electron chi connectivity index (χ4n) is 0. The van der Waals surface area contributed by atoms with Crippen LogP contribution in [0.1, 0.15) is 0 Å². The van der Waals surface area contributed by atoms with Crippen LogP contribution in [-0.4, -0.2) is 110 Å². The maximum absolute atomic E-state index is 7.00. The normalized spacial score (nSPS) is 2.73. The standard InChI is InChI=1S/5CH4O.Ba/c5*1-2;/h5*2H,1H3;. The predicted octanol–water partition coefficient (Wildman–Crippen LogP) is -2.34. The van der Waals surface area contributed by atoms with Crippen LogP contribution >= 0.6 is 0 Å². The van der Waals surface area contributed by atoms with Gasteiger partial charge < -0.3 is 25.5 Å². The molecule has 2 radical (unpaired) electrons. The smallest absolute Gasteiger partial charge is 0.0319 e. The summed E-state index contributed by atoms with van der Waals surface area (Å²) in [6.07, 6.45) is 0. The molecule has 0 aliphatic heterocycles. The third-order valence-corrected chi connectivity index (χ3v) is 0. The van der Waals surface area contributed by atoms with Crippen molar-refractivity contribution in [3.63, 3.8) is 0 Å². The quantitative estimate of drug-likeness (QED) is 0.323. The van der Waals surface area contributed by atoms with Crippen LogP contribution in [0.15, 0.2) is 0 Å². The summed E-state index contributed by atoms with van der Waals surface area (Å²) in [5, 5.41) is 35.0. The molecule has 5 N–H and O–H groups in total. The summed E-state index contributed by atoms with van der Waals surface area (Å²) in [6, 6.07) is 0. The van der Waals surface area contributed by atoms with E-state index in [2.05, 4.69) is 0 Å². The first kappa shape index (κ1) is 39.4. The first-order chi connectivity index (χ1) is 5.00. The maximum atomic E-state index is 7.00. The Hall–Kier alpha value is 1.37. The second-order valence-corrected chi connectivity index (χ2v) is 0. The Balaban J connectivity index is -0.00000000694. The average Bonchev–Trinajstić information content (AvgIpc) is 2.20. The number of aliphatic hydroxyl groups is 5. The first-order valence-electron chi connectivity index (χ1n) is 2.24. The van der Waals surface area contributed by atoms with Gasteiger partial charge in [0.05, 0.1) is 0 Å². The molecule has 0 spiro atoms.